The molecule has 2 heterocycles. The summed E-state index contributed by atoms with van der Waals surface area (Å²) in [6, 6.07) is 2.73. The van der Waals surface area contributed by atoms with Crippen LogP contribution in [0.15, 0.2) is 6.07 Å². The van der Waals surface area contributed by atoms with Gasteiger partial charge in [0.05, 0.1) is 0 Å². The first-order chi connectivity index (χ1) is 6.16. The lowest BCUT2D eigenvalue weighted by molar-refractivity contribution is 0.670. The summed E-state index contributed by atoms with van der Waals surface area (Å²) in [4.78, 5) is 4.51. The van der Waals surface area contributed by atoms with Gasteiger partial charge in [-0.15, -0.1) is 0 Å². The number of aromatic nitrogens is 1. The van der Waals surface area contributed by atoms with Crippen LogP contribution in [0.3, 0.4) is 0 Å². The maximum absolute atomic E-state index is 4.51. The molecule has 0 saturated carbocycles. The Morgan fingerprint density at radius 1 is 1.46 bits per heavy atom. The van der Waals surface area contributed by atoms with Crippen molar-refractivity contribution in [2.75, 3.05) is 5.32 Å². The van der Waals surface area contributed by atoms with E-state index in [0.717, 1.165) is 11.5 Å². The third kappa shape index (κ3) is 1.53. The van der Waals surface area contributed by atoms with E-state index in [-0.39, 0.29) is 0 Å². The lowest BCUT2D eigenvalue weighted by Crippen LogP contribution is -2.23. The van der Waals surface area contributed by atoms with Gasteiger partial charge in [0, 0.05) is 11.7 Å². The zero-order chi connectivity index (χ0) is 9.42. The fraction of sp³-hybridized carbons (Fsp3) is 0.545. The largest absolute Gasteiger partial charge is 0.367 e. The van der Waals surface area contributed by atoms with Gasteiger partial charge in [0.25, 0.3) is 0 Å². The second-order valence-electron chi connectivity index (χ2n) is 3.99. The average Bonchev–Trinajstić information content (AvgIpc) is 2.02. The van der Waals surface area contributed by atoms with E-state index in [9.17, 15) is 0 Å². The minimum atomic E-state index is 0.571. The van der Waals surface area contributed by atoms with Crippen molar-refractivity contribution in [3.63, 3.8) is 0 Å². The van der Waals surface area contributed by atoms with Crippen LogP contribution in [0, 0.1) is 13.8 Å². The van der Waals surface area contributed by atoms with Crippen LogP contribution in [0.4, 0.5) is 5.82 Å². The molecule has 0 fully saturated rings. The summed E-state index contributed by atoms with van der Waals surface area (Å²) in [5.41, 5.74) is 3.89. The van der Waals surface area contributed by atoms with E-state index in [1.807, 2.05) is 6.92 Å². The molecule has 0 saturated heterocycles. The molecule has 13 heavy (non-hydrogen) atoms. The van der Waals surface area contributed by atoms with Gasteiger partial charge >= 0.3 is 0 Å². The summed E-state index contributed by atoms with van der Waals surface area (Å²) in [6.45, 7) is 6.43. The quantitative estimate of drug-likeness (QED) is 0.656. The molecule has 0 radical (unpaired) electrons. The Labute approximate surface area is 79.4 Å². The van der Waals surface area contributed by atoms with Gasteiger partial charge in [0.15, 0.2) is 0 Å². The molecule has 2 rings (SSSR count). The van der Waals surface area contributed by atoms with Gasteiger partial charge < -0.3 is 5.32 Å². The molecular formula is C11H16N2. The molecule has 0 bridgehead atoms. The predicted molar refractivity (Wildman–Crippen MR) is 55.1 cm³/mol. The standard InChI is InChI=1S/C11H16N2/c1-7-6-9(3)13-11-10(7)5-4-8(2)12-11/h6,8H,4-5H2,1-3H3,(H,12,13). The highest BCUT2D eigenvalue weighted by Gasteiger charge is 2.16. The lowest BCUT2D eigenvalue weighted by atomic mass is 9.98. The number of hydrogen-bond acceptors (Lipinski definition) is 2. The number of nitrogens with one attached hydrogen (secondary N) is 1. The van der Waals surface area contributed by atoms with Crippen molar-refractivity contribution in [1.29, 1.82) is 0 Å². The second-order valence-corrected chi connectivity index (χ2v) is 3.99. The van der Waals surface area contributed by atoms with Gasteiger partial charge in [-0.1, -0.05) is 0 Å². The third-order valence-electron chi connectivity index (χ3n) is 2.69. The normalized spacial score (nSPS) is 20.7. The summed E-state index contributed by atoms with van der Waals surface area (Å²) in [6.07, 6.45) is 2.39. The third-order valence-corrected chi connectivity index (χ3v) is 2.69. The number of rotatable bonds is 0. The van der Waals surface area contributed by atoms with E-state index in [1.165, 1.54) is 24.0 Å². The summed E-state index contributed by atoms with van der Waals surface area (Å²) in [5.74, 6) is 1.11. The Hall–Kier alpha value is -1.05. The molecule has 1 aromatic rings. The number of nitrogens with zero attached hydrogens (tertiary/aromatic N) is 1. The first-order valence-corrected chi connectivity index (χ1v) is 4.90. The van der Waals surface area contributed by atoms with E-state index in [2.05, 4.69) is 30.2 Å². The van der Waals surface area contributed by atoms with Crippen molar-refractivity contribution in [1.82, 2.24) is 4.98 Å². The van der Waals surface area contributed by atoms with Crippen molar-refractivity contribution in [3.8, 4) is 0 Å². The Morgan fingerprint density at radius 2 is 2.23 bits per heavy atom. The minimum Gasteiger partial charge on any atom is -0.367 e. The molecule has 1 aromatic heterocycles. The van der Waals surface area contributed by atoms with Crippen molar-refractivity contribution >= 4 is 5.82 Å². The van der Waals surface area contributed by atoms with Gasteiger partial charge in [-0.3, -0.25) is 0 Å². The monoisotopic (exact) mass is 176 g/mol. The molecule has 1 aliphatic rings. The van der Waals surface area contributed by atoms with Crippen LogP contribution in [0.5, 0.6) is 0 Å². The Balaban J connectivity index is 2.47. The second kappa shape index (κ2) is 3.02. The van der Waals surface area contributed by atoms with Crippen molar-refractivity contribution in [2.45, 2.75) is 39.7 Å². The first kappa shape index (κ1) is 8.54. The van der Waals surface area contributed by atoms with Crippen molar-refractivity contribution in [3.05, 3.63) is 22.9 Å². The van der Waals surface area contributed by atoms with E-state index < -0.39 is 0 Å². The summed E-state index contributed by atoms with van der Waals surface area (Å²) in [7, 11) is 0. The highest BCUT2D eigenvalue weighted by atomic mass is 15.0. The molecule has 1 unspecified atom stereocenters. The fourth-order valence-corrected chi connectivity index (χ4v) is 1.96. The zero-order valence-corrected chi connectivity index (χ0v) is 8.52. The van der Waals surface area contributed by atoms with Crippen LogP contribution in [-0.2, 0) is 6.42 Å². The van der Waals surface area contributed by atoms with Gasteiger partial charge in [0.2, 0.25) is 0 Å². The molecule has 1 aliphatic heterocycles. The lowest BCUT2D eigenvalue weighted by Gasteiger charge is -2.24. The molecular weight excluding hydrogens is 160 g/mol. The molecule has 1 N–H and O–H groups in total. The van der Waals surface area contributed by atoms with Gasteiger partial charge in [-0.2, -0.15) is 0 Å². The van der Waals surface area contributed by atoms with E-state index in [1.54, 1.807) is 0 Å². The number of fused-ring (bicyclic) bond motifs is 1. The van der Waals surface area contributed by atoms with Crippen LogP contribution < -0.4 is 5.32 Å². The van der Waals surface area contributed by atoms with Crippen LogP contribution >= 0.6 is 0 Å². The summed E-state index contributed by atoms with van der Waals surface area (Å²) >= 11 is 0. The number of hydrogen-bond donors (Lipinski definition) is 1. The van der Waals surface area contributed by atoms with Gasteiger partial charge in [-0.05, 0) is 50.8 Å². The highest BCUT2D eigenvalue weighted by Crippen LogP contribution is 2.25. The number of pyridine rings is 1. The molecule has 1 atom stereocenters. The molecule has 0 aliphatic carbocycles. The highest BCUT2D eigenvalue weighted by molar-refractivity contribution is 5.51. The van der Waals surface area contributed by atoms with Gasteiger partial charge in [-0.25, -0.2) is 4.98 Å². The minimum absolute atomic E-state index is 0.571. The van der Waals surface area contributed by atoms with Gasteiger partial charge in [0.1, 0.15) is 5.82 Å². The number of anilines is 1. The molecule has 0 amide bonds. The summed E-state index contributed by atoms with van der Waals surface area (Å²) in [5, 5.41) is 3.43. The SMILES string of the molecule is Cc1cc(C)c2c(n1)NC(C)CC2. The molecule has 2 heteroatoms. The van der Waals surface area contributed by atoms with Crippen LogP contribution in [0.1, 0.15) is 30.2 Å². The van der Waals surface area contributed by atoms with Crippen molar-refractivity contribution < 1.29 is 0 Å². The van der Waals surface area contributed by atoms with E-state index in [0.29, 0.717) is 6.04 Å². The maximum Gasteiger partial charge on any atom is 0.129 e. The van der Waals surface area contributed by atoms with E-state index >= 15 is 0 Å². The topological polar surface area (TPSA) is 24.9 Å². The first-order valence-electron chi connectivity index (χ1n) is 4.90. The molecule has 0 aromatic carbocycles. The molecule has 0 spiro atoms. The van der Waals surface area contributed by atoms with Crippen LogP contribution in [0.25, 0.3) is 0 Å². The van der Waals surface area contributed by atoms with Crippen molar-refractivity contribution in [2.24, 2.45) is 0 Å². The van der Waals surface area contributed by atoms with Crippen LogP contribution in [0.2, 0.25) is 0 Å². The van der Waals surface area contributed by atoms with E-state index in [4.69, 9.17) is 0 Å². The molecule has 70 valence electrons. The fourth-order valence-electron chi connectivity index (χ4n) is 1.96. The number of aryl methyl sites for hydroxylation is 2. The maximum atomic E-state index is 4.51. The molecule has 2 nitrogen and oxygen atoms in total. The summed E-state index contributed by atoms with van der Waals surface area (Å²) < 4.78 is 0. The Bertz CT molecular complexity index is 331. The Kier molecular flexibility index (Phi) is 1.98. The zero-order valence-electron chi connectivity index (χ0n) is 8.52. The Morgan fingerprint density at radius 3 is 3.00 bits per heavy atom. The smallest absolute Gasteiger partial charge is 0.129 e. The van der Waals surface area contributed by atoms with Crippen LogP contribution in [-0.4, -0.2) is 11.0 Å². The predicted octanol–water partition coefficient (Wildman–Crippen LogP) is 2.45. The average molecular weight is 176 g/mol.